The molecule has 0 rings (SSSR count). The van der Waals surface area contributed by atoms with Gasteiger partial charge in [-0.2, -0.15) is 0 Å². The van der Waals surface area contributed by atoms with Crippen molar-refractivity contribution in [1.29, 1.82) is 0 Å². The predicted octanol–water partition coefficient (Wildman–Crippen LogP) is -0.694. The highest BCUT2D eigenvalue weighted by molar-refractivity contribution is 5.72. The van der Waals surface area contributed by atoms with E-state index in [2.05, 4.69) is 17.6 Å². The van der Waals surface area contributed by atoms with Crippen LogP contribution in [0.3, 0.4) is 0 Å². The van der Waals surface area contributed by atoms with Crippen LogP contribution < -0.4 is 22.1 Å². The molecule has 0 saturated carbocycles. The van der Waals surface area contributed by atoms with Gasteiger partial charge in [-0.1, -0.05) is 0 Å². The van der Waals surface area contributed by atoms with Crippen molar-refractivity contribution in [2.75, 3.05) is 6.54 Å². The molecule has 0 aromatic rings. The number of rotatable bonds is 5. The van der Waals surface area contributed by atoms with Crippen LogP contribution in [0.5, 0.6) is 0 Å². The molecule has 0 aromatic carbocycles. The minimum atomic E-state index is -0.595. The predicted molar refractivity (Wildman–Crippen MR) is 48.7 cm³/mol. The van der Waals surface area contributed by atoms with Crippen molar-refractivity contribution in [2.45, 2.75) is 18.9 Å². The van der Waals surface area contributed by atoms with Gasteiger partial charge in [-0.3, -0.25) is 0 Å². The molecule has 0 saturated heterocycles. The van der Waals surface area contributed by atoms with E-state index in [0.717, 1.165) is 0 Å². The van der Waals surface area contributed by atoms with Crippen LogP contribution in [0.4, 0.5) is 9.59 Å². The molecule has 0 aliphatic heterocycles. The van der Waals surface area contributed by atoms with Gasteiger partial charge in [-0.25, -0.2) is 9.59 Å². The van der Waals surface area contributed by atoms with E-state index in [1.165, 1.54) is 0 Å². The SMILES string of the molecule is [CH2]C(CCCNC(N)=O)NC(N)=O. The first-order valence-electron chi connectivity index (χ1n) is 3.94. The first-order chi connectivity index (χ1) is 6.02. The van der Waals surface area contributed by atoms with Crippen molar-refractivity contribution >= 4 is 12.1 Å². The first kappa shape index (κ1) is 11.5. The van der Waals surface area contributed by atoms with Crippen LogP contribution >= 0.6 is 0 Å². The lowest BCUT2D eigenvalue weighted by molar-refractivity contribution is 0.244. The molecule has 0 heterocycles. The summed E-state index contributed by atoms with van der Waals surface area (Å²) in [5.41, 5.74) is 9.70. The highest BCUT2D eigenvalue weighted by Crippen LogP contribution is 1.93. The van der Waals surface area contributed by atoms with Gasteiger partial charge in [0.1, 0.15) is 0 Å². The molecule has 0 fully saturated rings. The maximum Gasteiger partial charge on any atom is 0.312 e. The zero-order valence-electron chi connectivity index (χ0n) is 7.38. The Labute approximate surface area is 77.0 Å². The summed E-state index contributed by atoms with van der Waals surface area (Å²) in [5.74, 6) is 0. The smallest absolute Gasteiger partial charge is 0.312 e. The molecule has 0 spiro atoms. The van der Waals surface area contributed by atoms with Crippen LogP contribution in [-0.4, -0.2) is 24.6 Å². The molecule has 6 N–H and O–H groups in total. The lowest BCUT2D eigenvalue weighted by Crippen LogP contribution is -2.37. The van der Waals surface area contributed by atoms with Crippen LogP contribution in [0.15, 0.2) is 0 Å². The van der Waals surface area contributed by atoms with Gasteiger partial charge in [0, 0.05) is 12.6 Å². The van der Waals surface area contributed by atoms with Gasteiger partial charge >= 0.3 is 12.1 Å². The molecule has 1 unspecified atom stereocenters. The third kappa shape index (κ3) is 8.45. The monoisotopic (exact) mass is 187 g/mol. The number of hydrogen-bond acceptors (Lipinski definition) is 2. The summed E-state index contributed by atoms with van der Waals surface area (Å²) in [4.78, 5) is 20.6. The maximum atomic E-state index is 10.3. The molecule has 6 heteroatoms. The summed E-state index contributed by atoms with van der Waals surface area (Å²) in [6, 6.07) is -1.38. The summed E-state index contributed by atoms with van der Waals surface area (Å²) in [6.45, 7) is 4.11. The Bertz CT molecular complexity index is 183. The molecule has 0 aliphatic rings. The minimum absolute atomic E-state index is 0.229. The van der Waals surface area contributed by atoms with E-state index in [-0.39, 0.29) is 6.04 Å². The molecule has 1 radical (unpaired) electrons. The number of nitrogens with one attached hydrogen (secondary N) is 2. The van der Waals surface area contributed by atoms with Crippen molar-refractivity contribution < 1.29 is 9.59 Å². The van der Waals surface area contributed by atoms with E-state index in [0.29, 0.717) is 19.4 Å². The Morgan fingerprint density at radius 3 is 2.38 bits per heavy atom. The molecule has 4 amide bonds. The van der Waals surface area contributed by atoms with E-state index < -0.39 is 12.1 Å². The highest BCUT2D eigenvalue weighted by Gasteiger charge is 2.02. The van der Waals surface area contributed by atoms with Crippen molar-refractivity contribution in [3.05, 3.63) is 6.92 Å². The summed E-state index contributed by atoms with van der Waals surface area (Å²) in [6.07, 6.45) is 1.33. The fourth-order valence-electron chi connectivity index (χ4n) is 0.833. The van der Waals surface area contributed by atoms with Gasteiger partial charge in [0.2, 0.25) is 0 Å². The Morgan fingerprint density at radius 2 is 1.92 bits per heavy atom. The van der Waals surface area contributed by atoms with E-state index in [1.54, 1.807) is 0 Å². The number of urea groups is 2. The molecule has 1 atom stereocenters. The normalized spacial score (nSPS) is 11.8. The van der Waals surface area contributed by atoms with Crippen LogP contribution in [-0.2, 0) is 0 Å². The minimum Gasteiger partial charge on any atom is -0.352 e. The zero-order valence-corrected chi connectivity index (χ0v) is 7.38. The van der Waals surface area contributed by atoms with Crippen LogP contribution in [0.2, 0.25) is 0 Å². The quantitative estimate of drug-likeness (QED) is 0.427. The van der Waals surface area contributed by atoms with Crippen LogP contribution in [0, 0.1) is 6.92 Å². The average molecular weight is 187 g/mol. The van der Waals surface area contributed by atoms with Gasteiger partial charge in [-0.15, -0.1) is 0 Å². The Balaban J connectivity index is 3.31. The van der Waals surface area contributed by atoms with Gasteiger partial charge in [0.25, 0.3) is 0 Å². The molecular formula is C7H15N4O2. The van der Waals surface area contributed by atoms with Gasteiger partial charge in [-0.05, 0) is 19.8 Å². The topological polar surface area (TPSA) is 110 Å². The summed E-state index contributed by atoms with van der Waals surface area (Å²) in [5, 5.41) is 4.84. The molecule has 0 aromatic heterocycles. The second kappa shape index (κ2) is 6.10. The van der Waals surface area contributed by atoms with Gasteiger partial charge < -0.3 is 22.1 Å². The molecule has 6 nitrogen and oxygen atoms in total. The summed E-state index contributed by atoms with van der Waals surface area (Å²) < 4.78 is 0. The molecule has 0 bridgehead atoms. The lowest BCUT2D eigenvalue weighted by Gasteiger charge is -2.11. The second-order valence-electron chi connectivity index (χ2n) is 2.64. The highest BCUT2D eigenvalue weighted by atomic mass is 16.2. The van der Waals surface area contributed by atoms with Crippen LogP contribution in [0.25, 0.3) is 0 Å². The standard InChI is InChI=1S/C7H15N4O2/c1-5(11-7(9)13)3-2-4-10-6(8)12/h5H,1-4H2,(H3,8,10,12)(H3,9,11,13). The fourth-order valence-corrected chi connectivity index (χ4v) is 0.833. The largest absolute Gasteiger partial charge is 0.352 e. The van der Waals surface area contributed by atoms with Crippen molar-refractivity contribution in [3.63, 3.8) is 0 Å². The van der Waals surface area contributed by atoms with Crippen molar-refractivity contribution in [1.82, 2.24) is 10.6 Å². The Morgan fingerprint density at radius 1 is 1.31 bits per heavy atom. The molecule has 0 aliphatic carbocycles. The van der Waals surface area contributed by atoms with Crippen molar-refractivity contribution in [2.24, 2.45) is 11.5 Å². The molecule has 13 heavy (non-hydrogen) atoms. The first-order valence-corrected chi connectivity index (χ1v) is 3.94. The zero-order chi connectivity index (χ0) is 10.3. The fraction of sp³-hybridized carbons (Fsp3) is 0.571. The lowest BCUT2D eigenvalue weighted by atomic mass is 10.2. The van der Waals surface area contributed by atoms with Crippen molar-refractivity contribution in [3.8, 4) is 0 Å². The summed E-state index contributed by atoms with van der Waals surface area (Å²) in [7, 11) is 0. The molecule has 75 valence electrons. The number of amides is 4. The average Bonchev–Trinajstić information content (AvgIpc) is 1.96. The Hall–Kier alpha value is -1.46. The van der Waals surface area contributed by atoms with E-state index in [4.69, 9.17) is 11.5 Å². The van der Waals surface area contributed by atoms with Gasteiger partial charge in [0.05, 0.1) is 0 Å². The third-order valence-electron chi connectivity index (χ3n) is 1.37. The maximum absolute atomic E-state index is 10.3. The number of carbonyl (C=O) groups is 2. The van der Waals surface area contributed by atoms with Crippen LogP contribution in [0.1, 0.15) is 12.8 Å². The van der Waals surface area contributed by atoms with Gasteiger partial charge in [0.15, 0.2) is 0 Å². The van der Waals surface area contributed by atoms with E-state index in [1.807, 2.05) is 0 Å². The number of nitrogens with two attached hydrogens (primary N) is 2. The second-order valence-corrected chi connectivity index (χ2v) is 2.64. The Kier molecular flexibility index (Phi) is 5.42. The number of primary amides is 2. The van der Waals surface area contributed by atoms with E-state index >= 15 is 0 Å². The number of hydrogen-bond donors (Lipinski definition) is 4. The third-order valence-corrected chi connectivity index (χ3v) is 1.37. The molecular weight excluding hydrogens is 172 g/mol. The van der Waals surface area contributed by atoms with E-state index in [9.17, 15) is 9.59 Å². The summed E-state index contributed by atoms with van der Waals surface area (Å²) >= 11 is 0. The number of carbonyl (C=O) groups excluding carboxylic acids is 2.